The Hall–Kier alpha value is -1.88. The molecule has 3 aromatic rings. The van der Waals surface area contributed by atoms with Gasteiger partial charge in [-0.25, -0.2) is 4.98 Å². The zero-order chi connectivity index (χ0) is 11.1. The van der Waals surface area contributed by atoms with Gasteiger partial charge < -0.3 is 4.42 Å². The Morgan fingerprint density at radius 3 is 3.00 bits per heavy atom. The quantitative estimate of drug-likeness (QED) is 0.607. The van der Waals surface area contributed by atoms with Crippen LogP contribution in [0.2, 0.25) is 5.15 Å². The van der Waals surface area contributed by atoms with Crippen molar-refractivity contribution in [2.75, 3.05) is 0 Å². The van der Waals surface area contributed by atoms with Crippen LogP contribution in [-0.2, 0) is 0 Å². The highest BCUT2D eigenvalue weighted by atomic mass is 35.5. The van der Waals surface area contributed by atoms with Gasteiger partial charge in [-0.15, -0.1) is 10.2 Å². The third-order valence-corrected chi connectivity index (χ3v) is 2.54. The van der Waals surface area contributed by atoms with Crippen molar-refractivity contribution in [3.05, 3.63) is 35.4 Å². The summed E-state index contributed by atoms with van der Waals surface area (Å²) in [6.45, 7) is 1.95. The molecule has 0 aliphatic heterocycles. The van der Waals surface area contributed by atoms with E-state index in [-0.39, 0.29) is 0 Å². The van der Waals surface area contributed by atoms with E-state index in [1.165, 1.54) is 0 Å². The number of rotatable bonds is 1. The topological polar surface area (TPSA) is 56.2 Å². The second-order valence-electron chi connectivity index (χ2n) is 3.40. The molecule has 0 bridgehead atoms. The molecule has 0 N–H and O–H groups in total. The zero-order valence-corrected chi connectivity index (χ0v) is 9.14. The van der Waals surface area contributed by atoms with Gasteiger partial charge in [0.15, 0.2) is 11.4 Å². The Morgan fingerprint density at radius 1 is 1.38 bits per heavy atom. The highest BCUT2D eigenvalue weighted by Crippen LogP contribution is 2.23. The van der Waals surface area contributed by atoms with Crippen molar-refractivity contribution in [3.8, 4) is 11.6 Å². The van der Waals surface area contributed by atoms with Crippen LogP contribution in [0.1, 0.15) is 5.56 Å². The summed E-state index contributed by atoms with van der Waals surface area (Å²) in [5.41, 5.74) is 1.65. The standard InChI is InChI=1S/C10H7ClN4O/c1-6-2-3-16-9(6)10-14-13-8-4-7(11)12-5-15(8)10/h2-5H,1H3. The Labute approximate surface area is 95.7 Å². The minimum absolute atomic E-state index is 0.391. The molecule has 0 aromatic carbocycles. The van der Waals surface area contributed by atoms with Gasteiger partial charge in [0.1, 0.15) is 11.5 Å². The van der Waals surface area contributed by atoms with Crippen LogP contribution in [0.4, 0.5) is 0 Å². The summed E-state index contributed by atoms with van der Waals surface area (Å²) in [5, 5.41) is 8.46. The molecule has 80 valence electrons. The summed E-state index contributed by atoms with van der Waals surface area (Å²) in [6.07, 6.45) is 3.20. The minimum Gasteiger partial charge on any atom is -0.461 e. The number of hydrogen-bond donors (Lipinski definition) is 0. The summed E-state index contributed by atoms with van der Waals surface area (Å²) >= 11 is 5.77. The van der Waals surface area contributed by atoms with E-state index >= 15 is 0 Å². The Bertz CT molecular complexity index is 658. The smallest absolute Gasteiger partial charge is 0.205 e. The van der Waals surface area contributed by atoms with E-state index in [0.717, 1.165) is 5.56 Å². The highest BCUT2D eigenvalue weighted by molar-refractivity contribution is 6.29. The second kappa shape index (κ2) is 3.31. The summed E-state index contributed by atoms with van der Waals surface area (Å²) in [5.74, 6) is 1.32. The molecule has 0 unspecified atom stereocenters. The van der Waals surface area contributed by atoms with Gasteiger partial charge in [-0.3, -0.25) is 4.40 Å². The van der Waals surface area contributed by atoms with Gasteiger partial charge in [-0.05, 0) is 18.6 Å². The molecule has 0 aliphatic carbocycles. The molecule has 0 atom stereocenters. The van der Waals surface area contributed by atoms with Gasteiger partial charge in [0, 0.05) is 6.07 Å². The fourth-order valence-electron chi connectivity index (χ4n) is 1.53. The predicted molar refractivity (Wildman–Crippen MR) is 58.2 cm³/mol. The third kappa shape index (κ3) is 1.29. The molecule has 3 aromatic heterocycles. The number of halogens is 1. The lowest BCUT2D eigenvalue weighted by atomic mass is 10.3. The van der Waals surface area contributed by atoms with Crippen molar-refractivity contribution in [3.63, 3.8) is 0 Å². The van der Waals surface area contributed by atoms with Crippen LogP contribution < -0.4 is 0 Å². The SMILES string of the molecule is Cc1ccoc1-c1nnc2cc(Cl)ncn12. The third-order valence-electron chi connectivity index (χ3n) is 2.33. The van der Waals surface area contributed by atoms with E-state index in [1.807, 2.05) is 13.0 Å². The lowest BCUT2D eigenvalue weighted by Crippen LogP contribution is -1.91. The Morgan fingerprint density at radius 2 is 2.25 bits per heavy atom. The first-order chi connectivity index (χ1) is 7.75. The van der Waals surface area contributed by atoms with Crippen LogP contribution in [0.5, 0.6) is 0 Å². The van der Waals surface area contributed by atoms with E-state index in [9.17, 15) is 0 Å². The van der Waals surface area contributed by atoms with Crippen LogP contribution in [0.15, 0.2) is 29.1 Å². The fourth-order valence-corrected chi connectivity index (χ4v) is 1.67. The molecule has 0 saturated heterocycles. The van der Waals surface area contributed by atoms with Gasteiger partial charge >= 0.3 is 0 Å². The van der Waals surface area contributed by atoms with Crippen LogP contribution in [-0.4, -0.2) is 19.6 Å². The predicted octanol–water partition coefficient (Wildman–Crippen LogP) is 2.35. The maximum Gasteiger partial charge on any atom is 0.205 e. The normalized spacial score (nSPS) is 11.1. The fraction of sp³-hybridized carbons (Fsp3) is 0.100. The first kappa shape index (κ1) is 9.35. The first-order valence-electron chi connectivity index (χ1n) is 4.66. The average Bonchev–Trinajstić information content (AvgIpc) is 2.83. The Kier molecular flexibility index (Phi) is 1.94. The van der Waals surface area contributed by atoms with Crippen molar-refractivity contribution in [1.29, 1.82) is 0 Å². The highest BCUT2D eigenvalue weighted by Gasteiger charge is 2.13. The van der Waals surface area contributed by atoms with Crippen LogP contribution >= 0.6 is 11.6 Å². The van der Waals surface area contributed by atoms with Crippen molar-refractivity contribution < 1.29 is 4.42 Å². The number of aryl methyl sites for hydroxylation is 1. The van der Waals surface area contributed by atoms with Crippen molar-refractivity contribution in [2.45, 2.75) is 6.92 Å². The van der Waals surface area contributed by atoms with Crippen molar-refractivity contribution in [2.24, 2.45) is 0 Å². The molecular weight excluding hydrogens is 228 g/mol. The summed E-state index contributed by atoms with van der Waals surface area (Å²) in [4.78, 5) is 3.99. The molecule has 0 amide bonds. The average molecular weight is 235 g/mol. The van der Waals surface area contributed by atoms with Crippen molar-refractivity contribution >= 4 is 17.2 Å². The van der Waals surface area contributed by atoms with Gasteiger partial charge in [0.25, 0.3) is 0 Å². The van der Waals surface area contributed by atoms with E-state index in [0.29, 0.717) is 22.4 Å². The number of hydrogen-bond acceptors (Lipinski definition) is 4. The maximum atomic E-state index is 5.77. The number of aromatic nitrogens is 4. The molecule has 0 fully saturated rings. The molecule has 16 heavy (non-hydrogen) atoms. The largest absolute Gasteiger partial charge is 0.461 e. The maximum absolute atomic E-state index is 5.77. The zero-order valence-electron chi connectivity index (χ0n) is 8.38. The van der Waals surface area contributed by atoms with E-state index in [1.54, 1.807) is 23.1 Å². The number of furan rings is 1. The number of fused-ring (bicyclic) bond motifs is 1. The molecular formula is C10H7ClN4O. The van der Waals surface area contributed by atoms with Gasteiger partial charge in [-0.1, -0.05) is 11.6 Å². The van der Waals surface area contributed by atoms with E-state index in [4.69, 9.17) is 16.0 Å². The summed E-state index contributed by atoms with van der Waals surface area (Å²) in [6, 6.07) is 3.52. The molecule has 3 rings (SSSR count). The Balaban J connectivity index is 2.30. The molecule has 0 aliphatic rings. The van der Waals surface area contributed by atoms with Crippen molar-refractivity contribution in [1.82, 2.24) is 19.6 Å². The van der Waals surface area contributed by atoms with Crippen LogP contribution in [0.3, 0.4) is 0 Å². The van der Waals surface area contributed by atoms with Crippen LogP contribution in [0, 0.1) is 6.92 Å². The molecule has 0 saturated carbocycles. The molecule has 0 spiro atoms. The molecule has 0 radical (unpaired) electrons. The minimum atomic E-state index is 0.391. The van der Waals surface area contributed by atoms with Gasteiger partial charge in [0.05, 0.1) is 6.26 Å². The monoisotopic (exact) mass is 234 g/mol. The second-order valence-corrected chi connectivity index (χ2v) is 3.78. The lowest BCUT2D eigenvalue weighted by Gasteiger charge is -1.97. The number of nitrogens with zero attached hydrogens (tertiary/aromatic N) is 4. The molecule has 3 heterocycles. The summed E-state index contributed by atoms with van der Waals surface area (Å²) < 4.78 is 7.10. The molecule has 6 heteroatoms. The van der Waals surface area contributed by atoms with Gasteiger partial charge in [-0.2, -0.15) is 0 Å². The summed E-state index contributed by atoms with van der Waals surface area (Å²) in [7, 11) is 0. The lowest BCUT2D eigenvalue weighted by molar-refractivity contribution is 0.574. The molecule has 5 nitrogen and oxygen atoms in total. The van der Waals surface area contributed by atoms with Gasteiger partial charge in [0.2, 0.25) is 5.82 Å². The van der Waals surface area contributed by atoms with E-state index in [2.05, 4.69) is 15.2 Å². The van der Waals surface area contributed by atoms with Crippen LogP contribution in [0.25, 0.3) is 17.2 Å². The first-order valence-corrected chi connectivity index (χ1v) is 5.04. The van der Waals surface area contributed by atoms with E-state index < -0.39 is 0 Å².